The van der Waals surface area contributed by atoms with Crippen molar-refractivity contribution in [1.82, 2.24) is 24.5 Å². The molecule has 0 saturated carbocycles. The van der Waals surface area contributed by atoms with Gasteiger partial charge >= 0.3 is 0 Å². The highest BCUT2D eigenvalue weighted by Gasteiger charge is 2.15. The van der Waals surface area contributed by atoms with Crippen molar-refractivity contribution in [3.8, 4) is 0 Å². The molecule has 0 atom stereocenters. The third-order valence-electron chi connectivity index (χ3n) is 2.20. The van der Waals surface area contributed by atoms with Gasteiger partial charge in [-0.25, -0.2) is 18.1 Å². The van der Waals surface area contributed by atoms with Gasteiger partial charge in [0.05, 0.1) is 6.20 Å². The summed E-state index contributed by atoms with van der Waals surface area (Å²) in [6.07, 6.45) is 6.62. The Balaban J connectivity index is 1.94. The van der Waals surface area contributed by atoms with Crippen LogP contribution in [0.3, 0.4) is 0 Å². The molecule has 0 fully saturated rings. The topological polar surface area (TPSA) is 92.7 Å². The van der Waals surface area contributed by atoms with Crippen LogP contribution in [0.1, 0.15) is 5.82 Å². The smallest absolute Gasteiger partial charge is 0.243 e. The minimum Gasteiger partial charge on any atom is -0.349 e. The van der Waals surface area contributed by atoms with Crippen LogP contribution in [0.5, 0.6) is 0 Å². The maximum Gasteiger partial charge on any atom is 0.243 e. The average Bonchev–Trinajstić information content (AvgIpc) is 2.89. The van der Waals surface area contributed by atoms with Gasteiger partial charge in [-0.1, -0.05) is 0 Å². The van der Waals surface area contributed by atoms with Crippen LogP contribution in [0.25, 0.3) is 0 Å². The van der Waals surface area contributed by atoms with Crippen LogP contribution in [-0.2, 0) is 23.5 Å². The minimum absolute atomic E-state index is 0.166. The predicted octanol–water partition coefficient (Wildman–Crippen LogP) is -0.336. The summed E-state index contributed by atoms with van der Waals surface area (Å²) in [6.45, 7) is 0.296. The summed E-state index contributed by atoms with van der Waals surface area (Å²) in [4.78, 5) is 7.08. The van der Waals surface area contributed by atoms with Crippen molar-refractivity contribution >= 4 is 10.0 Å². The average molecular weight is 255 g/mol. The number of hydrogen-bond acceptors (Lipinski definition) is 4. The molecule has 0 bridgehead atoms. The van der Waals surface area contributed by atoms with E-state index >= 15 is 0 Å². The van der Waals surface area contributed by atoms with Crippen molar-refractivity contribution in [2.75, 3.05) is 6.54 Å². The molecule has 0 radical (unpaired) electrons. The Hall–Kier alpha value is -1.67. The zero-order valence-corrected chi connectivity index (χ0v) is 10.1. The second kappa shape index (κ2) is 4.68. The molecule has 0 unspecified atom stereocenters. The summed E-state index contributed by atoms with van der Waals surface area (Å²) in [6, 6.07) is 0. The molecule has 0 aromatic carbocycles. The van der Waals surface area contributed by atoms with Crippen molar-refractivity contribution in [3.63, 3.8) is 0 Å². The molecule has 0 spiro atoms. The van der Waals surface area contributed by atoms with Gasteiger partial charge in [-0.05, 0) is 0 Å². The number of H-pyrrole nitrogens is 1. The maximum absolute atomic E-state index is 11.8. The van der Waals surface area contributed by atoms with Crippen molar-refractivity contribution in [2.24, 2.45) is 7.05 Å². The molecule has 92 valence electrons. The van der Waals surface area contributed by atoms with Crippen LogP contribution in [0.2, 0.25) is 0 Å². The largest absolute Gasteiger partial charge is 0.349 e. The van der Waals surface area contributed by atoms with Gasteiger partial charge in [-0.3, -0.25) is 4.68 Å². The molecule has 8 heteroatoms. The Morgan fingerprint density at radius 3 is 2.94 bits per heavy atom. The van der Waals surface area contributed by atoms with Crippen molar-refractivity contribution in [2.45, 2.75) is 11.3 Å². The van der Waals surface area contributed by atoms with E-state index in [1.165, 1.54) is 17.1 Å². The first-order valence-electron chi connectivity index (χ1n) is 5.04. The Morgan fingerprint density at radius 1 is 1.53 bits per heavy atom. The van der Waals surface area contributed by atoms with E-state index in [2.05, 4.69) is 19.8 Å². The van der Waals surface area contributed by atoms with E-state index in [1.807, 2.05) is 0 Å². The first-order chi connectivity index (χ1) is 8.08. The number of sulfonamides is 1. The number of hydrogen-bond donors (Lipinski definition) is 2. The maximum atomic E-state index is 11.8. The molecular weight excluding hydrogens is 242 g/mol. The van der Waals surface area contributed by atoms with Crippen molar-refractivity contribution in [1.29, 1.82) is 0 Å². The fraction of sp³-hybridized carbons (Fsp3) is 0.333. The van der Waals surface area contributed by atoms with Crippen LogP contribution in [0.4, 0.5) is 0 Å². The van der Waals surface area contributed by atoms with E-state index in [4.69, 9.17) is 0 Å². The number of aromatic amines is 1. The Morgan fingerprint density at radius 2 is 2.35 bits per heavy atom. The summed E-state index contributed by atoms with van der Waals surface area (Å²) < 4.78 is 27.5. The number of nitrogens with one attached hydrogen (secondary N) is 2. The molecule has 2 aromatic heterocycles. The monoisotopic (exact) mass is 255 g/mol. The van der Waals surface area contributed by atoms with E-state index in [0.717, 1.165) is 5.82 Å². The molecule has 0 amide bonds. The molecule has 2 rings (SSSR count). The van der Waals surface area contributed by atoms with Crippen molar-refractivity contribution < 1.29 is 8.42 Å². The molecule has 2 aromatic rings. The highest BCUT2D eigenvalue weighted by molar-refractivity contribution is 7.89. The molecule has 0 saturated heterocycles. The van der Waals surface area contributed by atoms with E-state index < -0.39 is 10.0 Å². The van der Waals surface area contributed by atoms with E-state index in [-0.39, 0.29) is 4.90 Å². The van der Waals surface area contributed by atoms with Crippen LogP contribution in [0.15, 0.2) is 29.7 Å². The summed E-state index contributed by atoms with van der Waals surface area (Å²) >= 11 is 0. The second-order valence-electron chi connectivity index (χ2n) is 3.53. The standard InChI is InChI=1S/C9H13N5O2S/c1-14-7-8(6-12-14)17(15,16)13-3-2-9-10-4-5-11-9/h4-7,13H,2-3H2,1H3,(H,10,11). The third-order valence-corrected chi connectivity index (χ3v) is 3.62. The van der Waals surface area contributed by atoms with E-state index in [1.54, 1.807) is 19.4 Å². The summed E-state index contributed by atoms with van der Waals surface area (Å²) in [5, 5.41) is 3.82. The zero-order chi connectivity index (χ0) is 12.3. The molecule has 7 nitrogen and oxygen atoms in total. The minimum atomic E-state index is -3.47. The summed E-state index contributed by atoms with van der Waals surface area (Å²) in [5.74, 6) is 0.749. The first kappa shape index (κ1) is 11.8. The molecule has 2 N–H and O–H groups in total. The summed E-state index contributed by atoms with van der Waals surface area (Å²) in [7, 11) is -1.80. The van der Waals surface area contributed by atoms with Gasteiger partial charge in [-0.15, -0.1) is 0 Å². The number of aryl methyl sites for hydroxylation is 1. The zero-order valence-electron chi connectivity index (χ0n) is 9.29. The van der Waals surface area contributed by atoms with Gasteiger partial charge in [0.1, 0.15) is 10.7 Å². The summed E-state index contributed by atoms with van der Waals surface area (Å²) in [5.41, 5.74) is 0. The molecule has 0 aliphatic rings. The normalized spacial score (nSPS) is 11.8. The van der Waals surface area contributed by atoms with Gasteiger partial charge in [0.15, 0.2) is 0 Å². The lowest BCUT2D eigenvalue weighted by Crippen LogP contribution is -2.26. The molecule has 2 heterocycles. The quantitative estimate of drug-likeness (QED) is 0.764. The lowest BCUT2D eigenvalue weighted by molar-refractivity contribution is 0.581. The lowest BCUT2D eigenvalue weighted by atomic mass is 10.4. The molecule has 17 heavy (non-hydrogen) atoms. The number of nitrogens with zero attached hydrogens (tertiary/aromatic N) is 3. The predicted molar refractivity (Wildman–Crippen MR) is 60.7 cm³/mol. The number of rotatable bonds is 5. The fourth-order valence-corrected chi connectivity index (χ4v) is 2.37. The lowest BCUT2D eigenvalue weighted by Gasteiger charge is -2.02. The van der Waals surface area contributed by atoms with Gasteiger partial charge in [0.25, 0.3) is 0 Å². The molecule has 0 aliphatic carbocycles. The van der Waals surface area contributed by atoms with Gasteiger partial charge in [-0.2, -0.15) is 5.10 Å². The number of aromatic nitrogens is 4. The first-order valence-corrected chi connectivity index (χ1v) is 6.53. The van der Waals surface area contributed by atoms with Crippen LogP contribution in [-0.4, -0.2) is 34.7 Å². The molecular formula is C9H13N5O2S. The molecule has 0 aliphatic heterocycles. The second-order valence-corrected chi connectivity index (χ2v) is 5.30. The van der Waals surface area contributed by atoms with Crippen molar-refractivity contribution in [3.05, 3.63) is 30.6 Å². The van der Waals surface area contributed by atoms with Crippen LogP contribution in [0, 0.1) is 0 Å². The van der Waals surface area contributed by atoms with Crippen LogP contribution >= 0.6 is 0 Å². The van der Waals surface area contributed by atoms with Gasteiger partial charge < -0.3 is 4.98 Å². The highest BCUT2D eigenvalue weighted by atomic mass is 32.2. The number of imidazole rings is 1. The van der Waals surface area contributed by atoms with E-state index in [9.17, 15) is 8.42 Å². The highest BCUT2D eigenvalue weighted by Crippen LogP contribution is 2.05. The van der Waals surface area contributed by atoms with Crippen LogP contribution < -0.4 is 4.72 Å². The van der Waals surface area contributed by atoms with E-state index in [0.29, 0.717) is 13.0 Å². The van der Waals surface area contributed by atoms with Gasteiger partial charge in [0.2, 0.25) is 10.0 Å². The SMILES string of the molecule is Cn1cc(S(=O)(=O)NCCc2ncc[nH]2)cn1. The van der Waals surface area contributed by atoms with Gasteiger partial charge in [0, 0.05) is 38.6 Å². The third kappa shape index (κ3) is 2.92. The Kier molecular flexibility index (Phi) is 3.25. The fourth-order valence-electron chi connectivity index (χ4n) is 1.36. The Bertz CT molecular complexity index is 572. The Labute approximate surface area is 98.9 Å².